The molecule has 0 spiro atoms. The summed E-state index contributed by atoms with van der Waals surface area (Å²) in [5, 5.41) is 3.56. The van der Waals surface area contributed by atoms with Gasteiger partial charge in [0.25, 0.3) is 0 Å². The number of carbonyl (C=O) groups excluding carboxylic acids is 1. The average Bonchev–Trinajstić information content (AvgIpc) is 2.24. The summed E-state index contributed by atoms with van der Waals surface area (Å²) in [6, 6.07) is 3.74. The Hall–Kier alpha value is -0.740. The van der Waals surface area contributed by atoms with Crippen molar-refractivity contribution in [3.63, 3.8) is 0 Å². The first kappa shape index (κ1) is 10.8. The number of nitrogens with one attached hydrogen (secondary N) is 1. The molecule has 0 fully saturated rings. The van der Waals surface area contributed by atoms with Gasteiger partial charge >= 0.3 is 0 Å². The van der Waals surface area contributed by atoms with E-state index in [1.807, 2.05) is 12.1 Å². The second-order valence-corrected chi connectivity index (χ2v) is 4.39. The van der Waals surface area contributed by atoms with E-state index in [1.54, 1.807) is 4.90 Å². The van der Waals surface area contributed by atoms with Crippen molar-refractivity contribution in [2.24, 2.45) is 0 Å². The lowest BCUT2D eigenvalue weighted by molar-refractivity contribution is -0.117. The van der Waals surface area contributed by atoms with E-state index in [1.165, 1.54) is 0 Å². The van der Waals surface area contributed by atoms with Crippen LogP contribution in [0.25, 0.3) is 0 Å². The third-order valence-corrected chi connectivity index (χ3v) is 3.57. The van der Waals surface area contributed by atoms with Gasteiger partial charge < -0.3 is 10.2 Å². The van der Waals surface area contributed by atoms with Crippen molar-refractivity contribution in [3.05, 3.63) is 28.6 Å². The van der Waals surface area contributed by atoms with E-state index in [-0.39, 0.29) is 5.91 Å². The molecule has 0 aliphatic carbocycles. The van der Waals surface area contributed by atoms with Crippen LogP contribution in [0.4, 0.5) is 11.4 Å². The van der Waals surface area contributed by atoms with Crippen molar-refractivity contribution < 1.29 is 4.79 Å². The van der Waals surface area contributed by atoms with Gasteiger partial charge in [0.2, 0.25) is 5.91 Å². The molecule has 2 rings (SSSR count). The number of hydrogen-bond acceptors (Lipinski definition) is 2. The number of halogens is 2. The zero-order valence-corrected chi connectivity index (χ0v) is 10.2. The summed E-state index contributed by atoms with van der Waals surface area (Å²) in [6.45, 7) is 4.40. The summed E-state index contributed by atoms with van der Waals surface area (Å²) in [4.78, 5) is 13.2. The fourth-order valence-electron chi connectivity index (χ4n) is 1.57. The highest BCUT2D eigenvalue weighted by Crippen LogP contribution is 2.40. The number of anilines is 2. The number of rotatable bonds is 1. The summed E-state index contributed by atoms with van der Waals surface area (Å²) in [5.74, 6) is -0.0162. The maximum atomic E-state index is 11.6. The van der Waals surface area contributed by atoms with Gasteiger partial charge in [0.1, 0.15) is 0 Å². The van der Waals surface area contributed by atoms with E-state index < -0.39 is 0 Å². The highest BCUT2D eigenvalue weighted by atomic mass is 79.9. The standard InChI is InChI=1S/C10H9BrClN2O/c1-2-14-8(15)5-13-7-4-3-6(11)9(12)10(7)14/h3-4,13H,1-2,5H2. The molecule has 0 atom stereocenters. The Bertz CT molecular complexity index is 422. The zero-order chi connectivity index (χ0) is 11.0. The van der Waals surface area contributed by atoms with Gasteiger partial charge in [-0.3, -0.25) is 4.79 Å². The molecular weight excluding hydrogens is 279 g/mol. The Balaban J connectivity index is 2.60. The Labute approximate surface area is 102 Å². The van der Waals surface area contributed by atoms with Crippen molar-refractivity contribution >= 4 is 44.8 Å². The monoisotopic (exact) mass is 287 g/mol. The van der Waals surface area contributed by atoms with Gasteiger partial charge in [0.15, 0.2) is 0 Å². The molecule has 1 radical (unpaired) electrons. The number of fused-ring (bicyclic) bond motifs is 1. The van der Waals surface area contributed by atoms with Crippen LogP contribution in [0.3, 0.4) is 0 Å². The topological polar surface area (TPSA) is 32.3 Å². The predicted octanol–water partition coefficient (Wildman–Crippen LogP) is 2.70. The zero-order valence-electron chi connectivity index (χ0n) is 7.89. The summed E-state index contributed by atoms with van der Waals surface area (Å²) in [6.07, 6.45) is 0. The molecule has 1 heterocycles. The molecule has 0 aromatic heterocycles. The van der Waals surface area contributed by atoms with Crippen molar-refractivity contribution in [1.82, 2.24) is 0 Å². The second kappa shape index (κ2) is 4.02. The molecule has 3 nitrogen and oxygen atoms in total. The van der Waals surface area contributed by atoms with Gasteiger partial charge in [-0.05, 0) is 35.0 Å². The largest absolute Gasteiger partial charge is 0.374 e. The van der Waals surface area contributed by atoms with Crippen LogP contribution in [-0.4, -0.2) is 19.0 Å². The Morgan fingerprint density at radius 2 is 2.33 bits per heavy atom. The van der Waals surface area contributed by atoms with Crippen LogP contribution in [0.15, 0.2) is 16.6 Å². The Morgan fingerprint density at radius 3 is 3.00 bits per heavy atom. The maximum Gasteiger partial charge on any atom is 0.246 e. The molecule has 1 amide bonds. The molecule has 1 N–H and O–H groups in total. The fraction of sp³-hybridized carbons (Fsp3) is 0.200. The minimum absolute atomic E-state index is 0.0162. The van der Waals surface area contributed by atoms with Gasteiger partial charge in [-0.2, -0.15) is 0 Å². The molecule has 1 aromatic rings. The lowest BCUT2D eigenvalue weighted by Gasteiger charge is -2.30. The summed E-state index contributed by atoms with van der Waals surface area (Å²) in [7, 11) is 0. The fourth-order valence-corrected chi connectivity index (χ4v) is 2.16. The third-order valence-electron chi connectivity index (χ3n) is 2.29. The molecular formula is C10H9BrClN2O. The van der Waals surface area contributed by atoms with E-state index in [9.17, 15) is 4.79 Å². The van der Waals surface area contributed by atoms with E-state index in [0.29, 0.717) is 23.8 Å². The molecule has 0 bridgehead atoms. The molecule has 15 heavy (non-hydrogen) atoms. The van der Waals surface area contributed by atoms with Gasteiger partial charge in [0.05, 0.1) is 22.9 Å². The molecule has 1 aliphatic rings. The van der Waals surface area contributed by atoms with Crippen LogP contribution >= 0.6 is 27.5 Å². The van der Waals surface area contributed by atoms with Crippen LogP contribution < -0.4 is 10.2 Å². The maximum absolute atomic E-state index is 11.6. The van der Waals surface area contributed by atoms with Gasteiger partial charge in [0, 0.05) is 11.0 Å². The summed E-state index contributed by atoms with van der Waals surface area (Å²) >= 11 is 9.47. The summed E-state index contributed by atoms with van der Waals surface area (Å²) < 4.78 is 0.776. The number of benzene rings is 1. The number of amides is 1. The first-order valence-electron chi connectivity index (χ1n) is 4.46. The van der Waals surface area contributed by atoms with Crippen LogP contribution in [0, 0.1) is 6.92 Å². The molecule has 0 saturated heterocycles. The van der Waals surface area contributed by atoms with Gasteiger partial charge in [-0.1, -0.05) is 11.6 Å². The lowest BCUT2D eigenvalue weighted by Crippen LogP contribution is -2.40. The molecule has 1 aromatic carbocycles. The molecule has 0 unspecified atom stereocenters. The average molecular weight is 289 g/mol. The van der Waals surface area contributed by atoms with Crippen molar-refractivity contribution in [2.45, 2.75) is 0 Å². The molecule has 1 aliphatic heterocycles. The number of carbonyl (C=O) groups is 1. The van der Waals surface area contributed by atoms with Gasteiger partial charge in [-0.25, -0.2) is 0 Å². The minimum atomic E-state index is -0.0162. The van der Waals surface area contributed by atoms with E-state index >= 15 is 0 Å². The first-order chi connectivity index (χ1) is 7.15. The highest BCUT2D eigenvalue weighted by molar-refractivity contribution is 9.10. The number of nitrogens with zero attached hydrogens (tertiary/aromatic N) is 1. The summed E-state index contributed by atoms with van der Waals surface area (Å²) in [5.41, 5.74) is 1.57. The van der Waals surface area contributed by atoms with Crippen LogP contribution in [0.1, 0.15) is 0 Å². The van der Waals surface area contributed by atoms with Crippen LogP contribution in [-0.2, 0) is 4.79 Å². The number of hydrogen-bond donors (Lipinski definition) is 1. The van der Waals surface area contributed by atoms with Crippen molar-refractivity contribution in [2.75, 3.05) is 23.3 Å². The van der Waals surface area contributed by atoms with E-state index in [2.05, 4.69) is 28.2 Å². The van der Waals surface area contributed by atoms with Crippen molar-refractivity contribution in [3.8, 4) is 0 Å². The smallest absolute Gasteiger partial charge is 0.246 e. The predicted molar refractivity (Wildman–Crippen MR) is 65.4 cm³/mol. The molecule has 79 valence electrons. The second-order valence-electron chi connectivity index (χ2n) is 3.16. The minimum Gasteiger partial charge on any atom is -0.374 e. The van der Waals surface area contributed by atoms with E-state index in [0.717, 1.165) is 10.2 Å². The molecule has 5 heteroatoms. The lowest BCUT2D eigenvalue weighted by atomic mass is 10.2. The normalized spacial score (nSPS) is 14.9. The molecule has 0 saturated carbocycles. The Kier molecular flexibility index (Phi) is 2.89. The van der Waals surface area contributed by atoms with Crippen molar-refractivity contribution in [1.29, 1.82) is 0 Å². The van der Waals surface area contributed by atoms with Gasteiger partial charge in [-0.15, -0.1) is 0 Å². The SMILES string of the molecule is [CH2]CN1C(=O)CNc2ccc(Br)c(Cl)c21. The van der Waals surface area contributed by atoms with Crippen LogP contribution in [0.5, 0.6) is 0 Å². The highest BCUT2D eigenvalue weighted by Gasteiger charge is 2.25. The quantitative estimate of drug-likeness (QED) is 0.862. The van der Waals surface area contributed by atoms with Crippen LogP contribution in [0.2, 0.25) is 5.02 Å². The Morgan fingerprint density at radius 1 is 1.60 bits per heavy atom. The third kappa shape index (κ3) is 1.72. The first-order valence-corrected chi connectivity index (χ1v) is 5.63. The van der Waals surface area contributed by atoms with E-state index in [4.69, 9.17) is 11.6 Å².